The van der Waals surface area contributed by atoms with E-state index in [1.165, 1.54) is 0 Å². The number of nitrogens with two attached hydrogens (primary N) is 1. The largest absolute Gasteiger partial charge is 0.478 e. The van der Waals surface area contributed by atoms with Gasteiger partial charge in [-0.15, -0.1) is 0 Å². The predicted octanol–water partition coefficient (Wildman–Crippen LogP) is 1.47. The summed E-state index contributed by atoms with van der Waals surface area (Å²) in [5.74, 6) is 0.110. The normalized spacial score (nSPS) is 42.0. The fraction of sp³-hybridized carbons (Fsp3) is 0.778. The lowest BCUT2D eigenvalue weighted by Crippen LogP contribution is -2.63. The van der Waals surface area contributed by atoms with Gasteiger partial charge in [0.2, 0.25) is 0 Å². The fourth-order valence-corrected chi connectivity index (χ4v) is 9.27. The first-order valence-corrected chi connectivity index (χ1v) is 13.5. The molecule has 2 spiro atoms. The molecule has 5 rings (SSSR count). The topological polar surface area (TPSA) is 141 Å². The monoisotopic (exact) mass is 502 g/mol. The number of ether oxygens (including phenoxy) is 1. The Morgan fingerprint density at radius 1 is 1.28 bits per heavy atom. The third kappa shape index (κ3) is 3.35. The maximum absolute atomic E-state index is 12.9. The van der Waals surface area contributed by atoms with Crippen LogP contribution in [0.25, 0.3) is 0 Å². The van der Waals surface area contributed by atoms with E-state index in [1.54, 1.807) is 14.2 Å². The zero-order chi connectivity index (χ0) is 25.7. The van der Waals surface area contributed by atoms with Crippen molar-refractivity contribution in [2.24, 2.45) is 39.3 Å². The van der Waals surface area contributed by atoms with Gasteiger partial charge >= 0.3 is 5.97 Å². The van der Waals surface area contributed by atoms with Gasteiger partial charge in [-0.05, 0) is 61.9 Å². The number of nitrogens with zero attached hydrogens (tertiary/aromatic N) is 2. The Kier molecular flexibility index (Phi) is 6.72. The molecule has 9 heteroatoms. The highest BCUT2D eigenvalue weighted by Gasteiger charge is 2.76. The fourth-order valence-electron chi connectivity index (χ4n) is 9.27. The quantitative estimate of drug-likeness (QED) is 0.209. The zero-order valence-electron chi connectivity index (χ0n) is 21.6. The number of aliphatic carboxylic acids is 1. The molecule has 9 nitrogen and oxygen atoms in total. The summed E-state index contributed by atoms with van der Waals surface area (Å²) in [6.07, 6.45) is 10.5. The van der Waals surface area contributed by atoms with Crippen molar-refractivity contribution in [1.82, 2.24) is 10.2 Å². The number of aliphatic hydroxyl groups is 2. The molecule has 3 fully saturated rings. The van der Waals surface area contributed by atoms with Crippen LogP contribution in [0.4, 0.5) is 0 Å². The first-order valence-electron chi connectivity index (χ1n) is 13.5. The smallest absolute Gasteiger partial charge is 0.334 e. The second-order valence-electron chi connectivity index (χ2n) is 11.5. The van der Waals surface area contributed by atoms with Crippen LogP contribution in [0.2, 0.25) is 0 Å². The van der Waals surface area contributed by atoms with Crippen molar-refractivity contribution in [2.45, 2.75) is 63.1 Å². The Balaban J connectivity index is 1.75. The van der Waals surface area contributed by atoms with E-state index in [0.717, 1.165) is 37.7 Å². The highest BCUT2D eigenvalue weighted by atomic mass is 16.5. The molecule has 1 aliphatic heterocycles. The summed E-state index contributed by atoms with van der Waals surface area (Å²) in [4.78, 5) is 19.2. The van der Waals surface area contributed by atoms with E-state index in [4.69, 9.17) is 10.5 Å². The van der Waals surface area contributed by atoms with Crippen LogP contribution in [0.3, 0.4) is 0 Å². The minimum Gasteiger partial charge on any atom is -0.478 e. The molecule has 3 bridgehead atoms. The van der Waals surface area contributed by atoms with E-state index in [9.17, 15) is 20.1 Å². The summed E-state index contributed by atoms with van der Waals surface area (Å²) in [5, 5.41) is 35.7. The van der Waals surface area contributed by atoms with E-state index in [2.05, 4.69) is 16.4 Å². The molecule has 4 aliphatic carbocycles. The Labute approximate surface area is 213 Å². The average molecular weight is 503 g/mol. The maximum Gasteiger partial charge on any atom is 0.334 e. The van der Waals surface area contributed by atoms with E-state index < -0.39 is 23.1 Å². The van der Waals surface area contributed by atoms with Crippen molar-refractivity contribution in [1.29, 1.82) is 0 Å². The summed E-state index contributed by atoms with van der Waals surface area (Å²) in [7, 11) is 3.29. The lowest BCUT2D eigenvalue weighted by atomic mass is 9.45. The molecule has 0 aromatic carbocycles. The molecular formula is C27H42N4O5. The van der Waals surface area contributed by atoms with Crippen LogP contribution in [0.15, 0.2) is 28.4 Å². The minimum atomic E-state index is -1.52. The average Bonchev–Trinajstić information content (AvgIpc) is 3.22. The molecule has 0 aromatic rings. The standard InChI is InChI=1S/C27H42N4O5/c1-29-24(28)31-11-9-19(14-30-10-12-32)26(16-31)18-8-7-17-5-3-4-6-21(36-2)27(35)15-25(17,26)20(13-18)22(27)23(33)34/h9,11,17-19,21,30,32,35H,3-8,10,12-16H2,1-2H3,(H2,28,29)(H,33,34). The van der Waals surface area contributed by atoms with E-state index in [1.807, 2.05) is 11.1 Å². The van der Waals surface area contributed by atoms with Gasteiger partial charge in [-0.2, -0.15) is 0 Å². The van der Waals surface area contributed by atoms with Gasteiger partial charge in [-0.25, -0.2) is 4.79 Å². The number of aliphatic hydroxyl groups excluding tert-OH is 1. The SMILES string of the molecule is CN=C(N)N1C=CC(CNCCO)C2(C1)C1CCC3CCCCC(OC)C4(O)CC32C(=C4C(=O)O)C1. The summed E-state index contributed by atoms with van der Waals surface area (Å²) in [5.41, 5.74) is 5.22. The van der Waals surface area contributed by atoms with Crippen molar-refractivity contribution >= 4 is 11.9 Å². The number of hydrogen-bond acceptors (Lipinski definition) is 6. The van der Waals surface area contributed by atoms with Crippen LogP contribution in [-0.2, 0) is 9.53 Å². The number of fused-ring (bicyclic) bond motifs is 1. The van der Waals surface area contributed by atoms with Crippen LogP contribution >= 0.6 is 0 Å². The van der Waals surface area contributed by atoms with Crippen LogP contribution in [-0.4, -0.2) is 84.3 Å². The van der Waals surface area contributed by atoms with E-state index >= 15 is 0 Å². The van der Waals surface area contributed by atoms with Crippen LogP contribution in [0.5, 0.6) is 0 Å². The lowest BCUT2D eigenvalue weighted by Gasteiger charge is -2.61. The molecule has 36 heavy (non-hydrogen) atoms. The number of aliphatic imine (C=N–C) groups is 1. The van der Waals surface area contributed by atoms with Crippen LogP contribution in [0.1, 0.15) is 51.4 Å². The molecule has 0 amide bonds. The number of rotatable bonds is 6. The van der Waals surface area contributed by atoms with Gasteiger partial charge in [0.05, 0.1) is 18.3 Å². The predicted molar refractivity (Wildman–Crippen MR) is 136 cm³/mol. The third-order valence-electron chi connectivity index (χ3n) is 10.5. The number of hydrogen-bond donors (Lipinski definition) is 5. The maximum atomic E-state index is 12.9. The number of carbonyl (C=O) groups is 1. The minimum absolute atomic E-state index is 0.0613. The number of nitrogens with one attached hydrogen (secondary N) is 1. The molecule has 0 radical (unpaired) electrons. The number of carboxylic acid groups (broad SMARTS) is 1. The van der Waals surface area contributed by atoms with Crippen LogP contribution < -0.4 is 11.1 Å². The molecule has 7 atom stereocenters. The van der Waals surface area contributed by atoms with E-state index in [0.29, 0.717) is 50.8 Å². The van der Waals surface area contributed by atoms with E-state index in [-0.39, 0.29) is 29.4 Å². The van der Waals surface area contributed by atoms with Crippen molar-refractivity contribution in [3.63, 3.8) is 0 Å². The highest BCUT2D eigenvalue weighted by molar-refractivity contribution is 5.92. The summed E-state index contributed by atoms with van der Waals surface area (Å²) < 4.78 is 5.85. The molecule has 7 unspecified atom stereocenters. The summed E-state index contributed by atoms with van der Waals surface area (Å²) in [6, 6.07) is 0. The molecule has 6 N–H and O–H groups in total. The first kappa shape index (κ1) is 25.7. The van der Waals surface area contributed by atoms with Gasteiger partial charge in [-0.1, -0.05) is 18.9 Å². The second-order valence-corrected chi connectivity index (χ2v) is 11.5. The van der Waals surface area contributed by atoms with Crippen LogP contribution in [0, 0.1) is 28.6 Å². The van der Waals surface area contributed by atoms with Gasteiger partial charge in [0.15, 0.2) is 5.96 Å². The molecule has 0 saturated heterocycles. The van der Waals surface area contributed by atoms with Gasteiger partial charge in [0, 0.05) is 50.8 Å². The molecule has 200 valence electrons. The molecule has 3 saturated carbocycles. The van der Waals surface area contributed by atoms with Crippen molar-refractivity contribution < 1.29 is 24.9 Å². The second kappa shape index (κ2) is 9.42. The number of carboxylic acids is 1. The summed E-state index contributed by atoms with van der Waals surface area (Å²) >= 11 is 0. The summed E-state index contributed by atoms with van der Waals surface area (Å²) in [6.45, 7) is 1.89. The molecule has 0 aromatic heterocycles. The number of allylic oxidation sites excluding steroid dienone is 1. The highest BCUT2D eigenvalue weighted by Crippen LogP contribution is 2.78. The zero-order valence-corrected chi connectivity index (χ0v) is 21.6. The van der Waals surface area contributed by atoms with Gasteiger partial charge < -0.3 is 36.0 Å². The Morgan fingerprint density at radius 3 is 2.72 bits per heavy atom. The Morgan fingerprint density at radius 2 is 2.03 bits per heavy atom. The Hall–Kier alpha value is -1.94. The Bertz CT molecular complexity index is 981. The van der Waals surface area contributed by atoms with Crippen molar-refractivity contribution in [3.05, 3.63) is 23.4 Å². The van der Waals surface area contributed by atoms with Gasteiger partial charge in [0.25, 0.3) is 0 Å². The third-order valence-corrected chi connectivity index (χ3v) is 10.5. The molecular weight excluding hydrogens is 460 g/mol. The molecule has 1 heterocycles. The number of guanidine groups is 1. The van der Waals surface area contributed by atoms with Crippen molar-refractivity contribution in [3.8, 4) is 0 Å². The first-order chi connectivity index (χ1) is 17.3. The van der Waals surface area contributed by atoms with Gasteiger partial charge in [0.1, 0.15) is 5.60 Å². The lowest BCUT2D eigenvalue weighted by molar-refractivity contribution is -0.148. The van der Waals surface area contributed by atoms with Crippen molar-refractivity contribution in [2.75, 3.05) is 40.4 Å². The number of methoxy groups -OCH3 is 1. The molecule has 5 aliphatic rings. The van der Waals surface area contributed by atoms with Gasteiger partial charge in [-0.3, -0.25) is 4.99 Å².